The van der Waals surface area contributed by atoms with Gasteiger partial charge in [-0.3, -0.25) is 0 Å². The first kappa shape index (κ1) is 12.2. The summed E-state index contributed by atoms with van der Waals surface area (Å²) in [5, 5.41) is 15.8. The van der Waals surface area contributed by atoms with Crippen LogP contribution in [0.4, 0.5) is 5.69 Å². The van der Waals surface area contributed by atoms with Crippen LogP contribution in [0.3, 0.4) is 0 Å². The Morgan fingerprint density at radius 2 is 1.74 bits per heavy atom. The first-order valence-corrected chi connectivity index (χ1v) is 7.13. The Morgan fingerprint density at radius 3 is 2.53 bits per heavy atom. The first-order valence-electron chi connectivity index (χ1n) is 6.25. The van der Waals surface area contributed by atoms with Gasteiger partial charge in [0, 0.05) is 16.9 Å². The molecule has 2 aromatic carbocycles. The van der Waals surface area contributed by atoms with Gasteiger partial charge >= 0.3 is 0 Å². The normalized spacial score (nSPS) is 10.8. The van der Waals surface area contributed by atoms with E-state index >= 15 is 0 Å². The van der Waals surface area contributed by atoms with Gasteiger partial charge in [-0.2, -0.15) is 0 Å². The maximum Gasteiger partial charge on any atom is 0.0681 e. The summed E-state index contributed by atoms with van der Waals surface area (Å²) in [7, 11) is 0. The second kappa shape index (κ2) is 5.43. The fraction of sp³-hybridized carbons (Fsp3) is 0.125. The molecule has 0 atom stereocenters. The first-order chi connectivity index (χ1) is 9.35. The quantitative estimate of drug-likeness (QED) is 0.750. The third kappa shape index (κ3) is 2.78. The molecule has 0 saturated carbocycles. The topological polar surface area (TPSA) is 32.3 Å². The largest absolute Gasteiger partial charge is 0.392 e. The van der Waals surface area contributed by atoms with Gasteiger partial charge in [0.05, 0.1) is 6.61 Å². The Bertz CT molecular complexity index is 673. The van der Waals surface area contributed by atoms with Crippen molar-refractivity contribution in [1.82, 2.24) is 0 Å². The molecular weight excluding hydrogens is 254 g/mol. The average molecular weight is 269 g/mol. The van der Waals surface area contributed by atoms with Gasteiger partial charge in [-0.1, -0.05) is 24.3 Å². The van der Waals surface area contributed by atoms with Gasteiger partial charge < -0.3 is 10.4 Å². The highest BCUT2D eigenvalue weighted by molar-refractivity contribution is 7.17. The summed E-state index contributed by atoms with van der Waals surface area (Å²) >= 11 is 1.76. The summed E-state index contributed by atoms with van der Waals surface area (Å²) < 4.78 is 1.32. The molecule has 0 fully saturated rings. The van der Waals surface area contributed by atoms with Crippen LogP contribution in [0.15, 0.2) is 53.9 Å². The summed E-state index contributed by atoms with van der Waals surface area (Å²) in [5.41, 5.74) is 3.29. The molecule has 2 nitrogen and oxygen atoms in total. The molecule has 0 unspecified atom stereocenters. The van der Waals surface area contributed by atoms with Crippen LogP contribution in [0.2, 0.25) is 0 Å². The lowest BCUT2D eigenvalue weighted by molar-refractivity contribution is 0.282. The highest BCUT2D eigenvalue weighted by Gasteiger charge is 1.98. The number of anilines is 1. The second-order valence-corrected chi connectivity index (χ2v) is 5.45. The third-order valence-corrected chi connectivity index (χ3v) is 4.05. The summed E-state index contributed by atoms with van der Waals surface area (Å²) in [4.78, 5) is 0. The van der Waals surface area contributed by atoms with Crippen LogP contribution in [-0.4, -0.2) is 5.11 Å². The van der Waals surface area contributed by atoms with Crippen LogP contribution in [0.1, 0.15) is 11.1 Å². The van der Waals surface area contributed by atoms with Crippen LogP contribution in [0, 0.1) is 0 Å². The molecule has 3 aromatic rings. The van der Waals surface area contributed by atoms with Crippen molar-refractivity contribution in [3.05, 3.63) is 65.0 Å². The molecule has 1 heterocycles. The smallest absolute Gasteiger partial charge is 0.0681 e. The van der Waals surface area contributed by atoms with Gasteiger partial charge in [-0.25, -0.2) is 0 Å². The van der Waals surface area contributed by atoms with E-state index in [2.05, 4.69) is 35.0 Å². The SMILES string of the molecule is OCc1ccc(CNc2ccc3sccc3c2)cc1. The minimum Gasteiger partial charge on any atom is -0.392 e. The standard InChI is InChI=1S/C16H15NOS/c18-11-13-3-1-12(2-4-13)10-17-15-5-6-16-14(9-15)7-8-19-16/h1-9,17-18H,10-11H2. The lowest BCUT2D eigenvalue weighted by atomic mass is 10.1. The molecule has 2 N–H and O–H groups in total. The van der Waals surface area contributed by atoms with Crippen molar-refractivity contribution in [2.75, 3.05) is 5.32 Å². The fourth-order valence-electron chi connectivity index (χ4n) is 2.04. The molecule has 3 heteroatoms. The van der Waals surface area contributed by atoms with E-state index in [1.54, 1.807) is 11.3 Å². The monoisotopic (exact) mass is 269 g/mol. The summed E-state index contributed by atoms with van der Waals surface area (Å²) in [6, 6.07) is 16.6. The van der Waals surface area contributed by atoms with Crippen LogP contribution < -0.4 is 5.32 Å². The summed E-state index contributed by atoms with van der Waals surface area (Å²) in [5.74, 6) is 0. The van der Waals surface area contributed by atoms with Crippen LogP contribution in [0.5, 0.6) is 0 Å². The Morgan fingerprint density at radius 1 is 0.947 bits per heavy atom. The van der Waals surface area contributed by atoms with E-state index < -0.39 is 0 Å². The molecule has 0 spiro atoms. The number of nitrogens with one attached hydrogen (secondary N) is 1. The number of aliphatic hydroxyl groups is 1. The van der Waals surface area contributed by atoms with Crippen molar-refractivity contribution >= 4 is 27.1 Å². The molecule has 0 saturated heterocycles. The Labute approximate surface area is 116 Å². The van der Waals surface area contributed by atoms with Crippen molar-refractivity contribution in [2.45, 2.75) is 13.2 Å². The molecule has 0 radical (unpaired) electrons. The molecule has 19 heavy (non-hydrogen) atoms. The molecule has 3 rings (SSSR count). The van der Waals surface area contributed by atoms with Gasteiger partial charge in [0.2, 0.25) is 0 Å². The van der Waals surface area contributed by atoms with Crippen LogP contribution >= 0.6 is 11.3 Å². The molecule has 96 valence electrons. The van der Waals surface area contributed by atoms with E-state index in [-0.39, 0.29) is 6.61 Å². The minimum absolute atomic E-state index is 0.0997. The molecule has 1 aromatic heterocycles. The van der Waals surface area contributed by atoms with Crippen LogP contribution in [-0.2, 0) is 13.2 Å². The predicted octanol–water partition coefficient (Wildman–Crippen LogP) is 4.01. The molecule has 0 amide bonds. The predicted molar refractivity (Wildman–Crippen MR) is 81.5 cm³/mol. The van der Waals surface area contributed by atoms with E-state index in [0.29, 0.717) is 0 Å². The van der Waals surface area contributed by atoms with E-state index in [9.17, 15) is 0 Å². The number of benzene rings is 2. The maximum atomic E-state index is 9.00. The van der Waals surface area contributed by atoms with Crippen molar-refractivity contribution in [1.29, 1.82) is 0 Å². The van der Waals surface area contributed by atoms with Gasteiger partial charge in [0.1, 0.15) is 0 Å². The van der Waals surface area contributed by atoms with E-state index in [1.807, 2.05) is 24.3 Å². The van der Waals surface area contributed by atoms with E-state index in [0.717, 1.165) is 17.8 Å². The lowest BCUT2D eigenvalue weighted by Gasteiger charge is -2.07. The Hall–Kier alpha value is -1.84. The van der Waals surface area contributed by atoms with Gasteiger partial charge in [-0.15, -0.1) is 11.3 Å². The molecule has 0 bridgehead atoms. The zero-order valence-corrected chi connectivity index (χ0v) is 11.3. The number of aliphatic hydroxyl groups excluding tert-OH is 1. The summed E-state index contributed by atoms with van der Waals surface area (Å²) in [6.45, 7) is 0.893. The van der Waals surface area contributed by atoms with Crippen molar-refractivity contribution in [3.8, 4) is 0 Å². The van der Waals surface area contributed by atoms with Gasteiger partial charge in [0.25, 0.3) is 0 Å². The van der Waals surface area contributed by atoms with Crippen molar-refractivity contribution in [2.24, 2.45) is 0 Å². The lowest BCUT2D eigenvalue weighted by Crippen LogP contribution is -1.99. The number of fused-ring (bicyclic) bond motifs is 1. The molecule has 0 aliphatic rings. The van der Waals surface area contributed by atoms with E-state index in [1.165, 1.54) is 15.6 Å². The van der Waals surface area contributed by atoms with E-state index in [4.69, 9.17) is 5.11 Å². The van der Waals surface area contributed by atoms with Crippen molar-refractivity contribution in [3.63, 3.8) is 0 Å². The minimum atomic E-state index is 0.0997. The second-order valence-electron chi connectivity index (χ2n) is 4.50. The van der Waals surface area contributed by atoms with Gasteiger partial charge in [-0.05, 0) is 46.2 Å². The Balaban J connectivity index is 1.70. The average Bonchev–Trinajstić information content (AvgIpc) is 2.93. The van der Waals surface area contributed by atoms with Crippen LogP contribution in [0.25, 0.3) is 10.1 Å². The molecule has 0 aliphatic heterocycles. The molecular formula is C16H15NOS. The molecule has 0 aliphatic carbocycles. The maximum absolute atomic E-state index is 9.00. The number of hydrogen-bond acceptors (Lipinski definition) is 3. The van der Waals surface area contributed by atoms with Gasteiger partial charge in [0.15, 0.2) is 0 Å². The zero-order chi connectivity index (χ0) is 13.1. The zero-order valence-electron chi connectivity index (χ0n) is 10.5. The fourth-order valence-corrected chi connectivity index (χ4v) is 2.81. The highest BCUT2D eigenvalue weighted by Crippen LogP contribution is 2.24. The number of hydrogen-bond donors (Lipinski definition) is 2. The summed E-state index contributed by atoms with van der Waals surface area (Å²) in [6.07, 6.45) is 0. The third-order valence-electron chi connectivity index (χ3n) is 3.15. The number of thiophene rings is 1. The number of rotatable bonds is 4. The Kier molecular flexibility index (Phi) is 3.49. The highest BCUT2D eigenvalue weighted by atomic mass is 32.1. The van der Waals surface area contributed by atoms with Crippen molar-refractivity contribution < 1.29 is 5.11 Å².